The van der Waals surface area contributed by atoms with Gasteiger partial charge in [-0.1, -0.05) is 86.0 Å². The summed E-state index contributed by atoms with van der Waals surface area (Å²) in [6.45, 7) is 29.6. The van der Waals surface area contributed by atoms with Crippen molar-refractivity contribution in [3.05, 3.63) is 84.3 Å². The molecule has 1 aliphatic rings. The summed E-state index contributed by atoms with van der Waals surface area (Å²) in [5, 5.41) is 2.63. The van der Waals surface area contributed by atoms with E-state index in [1.54, 1.807) is 0 Å². The number of aromatic nitrogens is 2. The summed E-state index contributed by atoms with van der Waals surface area (Å²) in [5.41, 5.74) is 2.78. The summed E-state index contributed by atoms with van der Waals surface area (Å²) in [4.78, 5) is 47.1. The lowest BCUT2D eigenvalue weighted by Gasteiger charge is -2.31. The third-order valence-corrected chi connectivity index (χ3v) is 9.49. The van der Waals surface area contributed by atoms with Gasteiger partial charge in [-0.05, 0) is 80.0 Å². The number of benzene rings is 2. The van der Waals surface area contributed by atoms with Crippen molar-refractivity contribution in [2.75, 3.05) is 44.7 Å². The van der Waals surface area contributed by atoms with Crippen LogP contribution < -0.4 is 4.90 Å². The van der Waals surface area contributed by atoms with Gasteiger partial charge in [0.2, 0.25) is 5.91 Å². The summed E-state index contributed by atoms with van der Waals surface area (Å²) in [5.74, 6) is 1.98. The zero-order valence-corrected chi connectivity index (χ0v) is 34.5. The largest absolute Gasteiger partial charge is 0.357 e. The maximum atomic E-state index is 12.0. The Labute approximate surface area is 323 Å². The van der Waals surface area contributed by atoms with E-state index in [9.17, 15) is 4.79 Å². The highest BCUT2D eigenvalue weighted by Crippen LogP contribution is 2.25. The number of nitrogens with zero attached hydrogens (tertiary/aromatic N) is 5. The highest BCUT2D eigenvalue weighted by Gasteiger charge is 2.28. The maximum Gasteiger partial charge on any atom is 0.222 e. The van der Waals surface area contributed by atoms with Gasteiger partial charge in [-0.3, -0.25) is 9.69 Å². The van der Waals surface area contributed by atoms with Crippen molar-refractivity contribution in [3.63, 3.8) is 0 Å². The predicted octanol–water partition coefficient (Wildman–Crippen LogP) is 8.74. The number of carbonyl (C=O) groups excluding carboxylic acids is 4. The fraction of sp³-hybridized carbons (Fsp3) is 0.500. The van der Waals surface area contributed by atoms with Crippen molar-refractivity contribution < 1.29 is 19.2 Å². The Kier molecular flexibility index (Phi) is 29.7. The Morgan fingerprint density at radius 3 is 2.17 bits per heavy atom. The molecule has 0 saturated carbocycles. The number of hydrogen-bond donors (Lipinski definition) is 0. The highest BCUT2D eigenvalue weighted by atomic mass is 79.9. The van der Waals surface area contributed by atoms with Crippen LogP contribution in [0, 0.1) is 5.92 Å². The molecule has 1 amide bonds. The van der Waals surface area contributed by atoms with E-state index in [1.165, 1.54) is 47.6 Å². The topological polar surface area (TPSA) is 95.8 Å². The average Bonchev–Trinajstić information content (AvgIpc) is 3.85. The van der Waals surface area contributed by atoms with E-state index < -0.39 is 0 Å². The van der Waals surface area contributed by atoms with Crippen molar-refractivity contribution in [1.82, 2.24) is 19.4 Å². The van der Waals surface area contributed by atoms with Crippen LogP contribution in [0.25, 0.3) is 10.8 Å². The van der Waals surface area contributed by atoms with Gasteiger partial charge in [0.25, 0.3) is 0 Å². The first-order valence-corrected chi connectivity index (χ1v) is 18.8. The van der Waals surface area contributed by atoms with Gasteiger partial charge >= 0.3 is 0 Å². The first-order valence-electron chi connectivity index (χ1n) is 18.1. The molecule has 0 N–H and O–H groups in total. The summed E-state index contributed by atoms with van der Waals surface area (Å²) >= 11 is 3.53. The standard InChI is InChI=1S/C20H25Br.C17H31N5O.C2H4.3CH2O/c1-4-5-6-17(15(2)3)9-7-16-8-10-19-14-20(21)12-11-18(19)13-16;1-5-17(23)22-9-7-8-15(22)12-21(6-2)11-10-20(4)16-13-19(3)14-18-16;4*1-2/h8,10-14,17H,2,4-7,9H2,1,3H3;13-15H,5-12H2,1-4H3;1-2H2;3*1H2/t17-;;;;;/m1...../s1. The summed E-state index contributed by atoms with van der Waals surface area (Å²) in [6.07, 6.45) is 13.0. The van der Waals surface area contributed by atoms with Crippen LogP contribution in [0.5, 0.6) is 0 Å². The molecule has 1 aliphatic heterocycles. The molecule has 0 aliphatic carbocycles. The maximum absolute atomic E-state index is 12.0. The number of imidazole rings is 1. The van der Waals surface area contributed by atoms with Crippen LogP contribution in [0.15, 0.2) is 78.7 Å². The number of allylic oxidation sites excluding steroid dienone is 1. The molecule has 0 radical (unpaired) electrons. The quantitative estimate of drug-likeness (QED) is 0.142. The molecular weight excluding hydrogens is 718 g/mol. The number of aryl methyl sites for hydroxylation is 2. The summed E-state index contributed by atoms with van der Waals surface area (Å²) in [7, 11) is 4.07. The Hall–Kier alpha value is -3.89. The van der Waals surface area contributed by atoms with Gasteiger partial charge in [0, 0.05) is 63.4 Å². The van der Waals surface area contributed by atoms with E-state index in [4.69, 9.17) is 14.4 Å². The molecule has 1 unspecified atom stereocenters. The smallest absolute Gasteiger partial charge is 0.222 e. The first kappa shape index (κ1) is 50.2. The first-order chi connectivity index (χ1) is 25.1. The molecule has 10 heteroatoms. The van der Waals surface area contributed by atoms with Gasteiger partial charge in [0.1, 0.15) is 26.2 Å². The van der Waals surface area contributed by atoms with Crippen LogP contribution >= 0.6 is 15.9 Å². The van der Waals surface area contributed by atoms with Crippen molar-refractivity contribution in [2.45, 2.75) is 85.1 Å². The van der Waals surface area contributed by atoms with Crippen LogP contribution in [0.4, 0.5) is 5.82 Å². The number of carbonyl (C=O) groups is 4. The second kappa shape index (κ2) is 30.7. The van der Waals surface area contributed by atoms with Crippen molar-refractivity contribution in [3.8, 4) is 0 Å². The number of fused-ring (bicyclic) bond motifs is 1. The molecule has 4 rings (SSSR count). The SMILES string of the molecule is C=C.C=C(C)[C@H](CCCC)CCc1ccc2cc(Br)ccc2c1.C=O.C=O.C=O.CCC(=O)N1CCCC1CN(CC)CCN(C)c1cn(C)cn1. The molecule has 2 atom stereocenters. The molecule has 1 fully saturated rings. The predicted molar refractivity (Wildman–Crippen MR) is 224 cm³/mol. The molecule has 1 aromatic heterocycles. The summed E-state index contributed by atoms with van der Waals surface area (Å²) in [6, 6.07) is 13.7. The minimum absolute atomic E-state index is 0.300. The summed E-state index contributed by atoms with van der Waals surface area (Å²) < 4.78 is 3.11. The minimum atomic E-state index is 0.300. The third kappa shape index (κ3) is 18.6. The van der Waals surface area contributed by atoms with Gasteiger partial charge in [-0.25, -0.2) is 4.98 Å². The van der Waals surface area contributed by atoms with Crippen LogP contribution in [-0.2, 0) is 32.6 Å². The second-order valence-electron chi connectivity index (χ2n) is 12.5. The number of likely N-dealkylation sites (tertiary alicyclic amines) is 1. The molecule has 52 heavy (non-hydrogen) atoms. The van der Waals surface area contributed by atoms with Gasteiger partial charge in [-0.15, -0.1) is 13.2 Å². The molecule has 0 spiro atoms. The van der Waals surface area contributed by atoms with E-state index in [0.717, 1.165) is 62.3 Å². The number of amides is 1. The lowest BCUT2D eigenvalue weighted by atomic mass is 9.89. The third-order valence-electron chi connectivity index (χ3n) is 9.00. The number of unbranched alkanes of at least 4 members (excludes halogenated alkanes) is 1. The van der Waals surface area contributed by atoms with Gasteiger partial charge in [0.05, 0.1) is 6.33 Å². The van der Waals surface area contributed by atoms with E-state index in [2.05, 4.69) is 120 Å². The van der Waals surface area contributed by atoms with Crippen molar-refractivity contribution in [1.29, 1.82) is 0 Å². The van der Waals surface area contributed by atoms with E-state index >= 15 is 0 Å². The molecular formula is C42H66BrN5O4. The fourth-order valence-corrected chi connectivity index (χ4v) is 6.46. The zero-order valence-electron chi connectivity index (χ0n) is 33.0. The molecule has 2 aromatic carbocycles. The monoisotopic (exact) mass is 783 g/mol. The molecule has 1 saturated heterocycles. The van der Waals surface area contributed by atoms with Gasteiger partial charge in [0.15, 0.2) is 0 Å². The number of likely N-dealkylation sites (N-methyl/N-ethyl adjacent to an activating group) is 2. The van der Waals surface area contributed by atoms with Crippen LogP contribution in [-0.4, -0.2) is 91.4 Å². The lowest BCUT2D eigenvalue weighted by Crippen LogP contribution is -2.44. The van der Waals surface area contributed by atoms with Crippen molar-refractivity contribution >= 4 is 58.8 Å². The number of halogens is 1. The Bertz CT molecular complexity index is 1390. The van der Waals surface area contributed by atoms with E-state index in [0.29, 0.717) is 24.3 Å². The molecule has 9 nitrogen and oxygen atoms in total. The number of hydrogen-bond acceptors (Lipinski definition) is 7. The van der Waals surface area contributed by atoms with Crippen LogP contribution in [0.1, 0.15) is 78.2 Å². The molecule has 3 aromatic rings. The number of rotatable bonds is 15. The molecule has 0 bridgehead atoms. The Morgan fingerprint density at radius 2 is 1.62 bits per heavy atom. The fourth-order valence-electron chi connectivity index (χ4n) is 6.09. The van der Waals surface area contributed by atoms with Gasteiger partial charge < -0.3 is 28.8 Å². The molecule has 290 valence electrons. The minimum Gasteiger partial charge on any atom is -0.357 e. The van der Waals surface area contributed by atoms with Crippen molar-refractivity contribution in [2.24, 2.45) is 13.0 Å². The van der Waals surface area contributed by atoms with Gasteiger partial charge in [-0.2, -0.15) is 0 Å². The number of anilines is 1. The second-order valence-corrected chi connectivity index (χ2v) is 13.4. The highest BCUT2D eigenvalue weighted by molar-refractivity contribution is 9.10. The Balaban J connectivity index is 0. The van der Waals surface area contributed by atoms with Crippen LogP contribution in [0.3, 0.4) is 0 Å². The average molecular weight is 785 g/mol. The lowest BCUT2D eigenvalue weighted by molar-refractivity contribution is -0.132. The molecule has 2 heterocycles. The van der Waals surface area contributed by atoms with E-state index in [1.807, 2.05) is 51.4 Å². The van der Waals surface area contributed by atoms with E-state index in [-0.39, 0.29) is 0 Å². The zero-order chi connectivity index (χ0) is 40.1. The van der Waals surface area contributed by atoms with Crippen LogP contribution in [0.2, 0.25) is 0 Å². The normalized spacial score (nSPS) is 13.3. The Morgan fingerprint density at radius 1 is 0.981 bits per heavy atom.